The molecule has 1 aliphatic rings. The van der Waals surface area contributed by atoms with E-state index in [4.69, 9.17) is 14.6 Å². The molecule has 0 radical (unpaired) electrons. The zero-order chi connectivity index (χ0) is 11.8. The molecule has 1 aliphatic heterocycles. The molecule has 2 aromatic rings. The van der Waals surface area contributed by atoms with Crippen LogP contribution in [0.15, 0.2) is 24.4 Å². The van der Waals surface area contributed by atoms with Gasteiger partial charge < -0.3 is 14.6 Å². The minimum atomic E-state index is -0.900. The lowest BCUT2D eigenvalue weighted by Gasteiger charge is -2.04. The predicted molar refractivity (Wildman–Crippen MR) is 59.2 cm³/mol. The molecule has 86 valence electrons. The van der Waals surface area contributed by atoms with Crippen LogP contribution in [0, 0.1) is 0 Å². The molecule has 1 N–H and O–H groups in total. The average Bonchev–Trinajstić information content (AvgIpc) is 2.73. The van der Waals surface area contributed by atoms with Crippen LogP contribution in [-0.4, -0.2) is 22.9 Å². The van der Waals surface area contributed by atoms with Crippen molar-refractivity contribution in [3.05, 3.63) is 30.1 Å². The topological polar surface area (TPSA) is 68.7 Å². The molecule has 0 saturated heterocycles. The van der Waals surface area contributed by atoms with Crippen molar-refractivity contribution in [2.75, 3.05) is 6.79 Å². The van der Waals surface area contributed by atoms with Crippen molar-refractivity contribution in [3.8, 4) is 11.5 Å². The first-order chi connectivity index (χ1) is 8.24. The SMILES string of the molecule is O=C(O)Cc1nccc2cc3c(cc12)OCO3. The molecule has 0 bridgehead atoms. The molecule has 2 heterocycles. The third-order valence-corrected chi connectivity index (χ3v) is 2.66. The molecule has 5 nitrogen and oxygen atoms in total. The Kier molecular flexibility index (Phi) is 2.11. The standard InChI is InChI=1S/C12H9NO4/c14-12(15)5-9-8-4-11-10(16-6-17-11)3-7(8)1-2-13-9/h1-4H,5-6H2,(H,14,15). The normalized spacial score (nSPS) is 12.9. The van der Waals surface area contributed by atoms with E-state index in [0.717, 1.165) is 10.8 Å². The van der Waals surface area contributed by atoms with Gasteiger partial charge in [-0.05, 0) is 23.6 Å². The molecule has 17 heavy (non-hydrogen) atoms. The van der Waals surface area contributed by atoms with Crippen molar-refractivity contribution < 1.29 is 19.4 Å². The Morgan fingerprint density at radius 3 is 2.88 bits per heavy atom. The fourth-order valence-electron chi connectivity index (χ4n) is 1.91. The highest BCUT2D eigenvalue weighted by molar-refractivity contribution is 5.90. The molecule has 5 heteroatoms. The molecule has 1 aromatic carbocycles. The second-order valence-electron chi connectivity index (χ2n) is 3.75. The summed E-state index contributed by atoms with van der Waals surface area (Å²) in [6.45, 7) is 0.202. The van der Waals surface area contributed by atoms with Crippen LogP contribution in [0.1, 0.15) is 5.69 Å². The number of ether oxygens (including phenoxy) is 2. The summed E-state index contributed by atoms with van der Waals surface area (Å²) in [6.07, 6.45) is 1.50. The first-order valence-electron chi connectivity index (χ1n) is 5.13. The quantitative estimate of drug-likeness (QED) is 0.849. The first-order valence-corrected chi connectivity index (χ1v) is 5.13. The maximum Gasteiger partial charge on any atom is 0.309 e. The highest BCUT2D eigenvalue weighted by atomic mass is 16.7. The third kappa shape index (κ3) is 1.65. The number of hydrogen-bond donors (Lipinski definition) is 1. The van der Waals surface area contributed by atoms with E-state index in [0.29, 0.717) is 17.2 Å². The minimum Gasteiger partial charge on any atom is -0.481 e. The number of fused-ring (bicyclic) bond motifs is 2. The third-order valence-electron chi connectivity index (χ3n) is 2.66. The Hall–Kier alpha value is -2.30. The average molecular weight is 231 g/mol. The number of aliphatic carboxylic acids is 1. The molecule has 0 saturated carbocycles. The summed E-state index contributed by atoms with van der Waals surface area (Å²) < 4.78 is 10.5. The number of carboxylic acids is 1. The van der Waals surface area contributed by atoms with Crippen LogP contribution in [0.3, 0.4) is 0 Å². The monoisotopic (exact) mass is 231 g/mol. The van der Waals surface area contributed by atoms with Crippen LogP contribution >= 0.6 is 0 Å². The van der Waals surface area contributed by atoms with E-state index in [1.807, 2.05) is 12.1 Å². The Morgan fingerprint density at radius 2 is 2.12 bits per heavy atom. The van der Waals surface area contributed by atoms with Crippen molar-refractivity contribution in [1.29, 1.82) is 0 Å². The Morgan fingerprint density at radius 1 is 1.35 bits per heavy atom. The van der Waals surface area contributed by atoms with Gasteiger partial charge in [-0.15, -0.1) is 0 Å². The fourth-order valence-corrected chi connectivity index (χ4v) is 1.91. The summed E-state index contributed by atoms with van der Waals surface area (Å²) in [6, 6.07) is 5.44. The van der Waals surface area contributed by atoms with E-state index in [1.54, 1.807) is 12.3 Å². The number of carbonyl (C=O) groups is 1. The molecule has 0 amide bonds. The van der Waals surface area contributed by atoms with Gasteiger partial charge in [0.1, 0.15) is 0 Å². The number of benzene rings is 1. The van der Waals surface area contributed by atoms with Crippen molar-refractivity contribution in [2.24, 2.45) is 0 Å². The fraction of sp³-hybridized carbons (Fsp3) is 0.167. The van der Waals surface area contributed by atoms with Gasteiger partial charge in [-0.25, -0.2) is 0 Å². The van der Waals surface area contributed by atoms with E-state index in [-0.39, 0.29) is 13.2 Å². The van der Waals surface area contributed by atoms with Crippen LogP contribution in [0.4, 0.5) is 0 Å². The van der Waals surface area contributed by atoms with Gasteiger partial charge in [-0.2, -0.15) is 0 Å². The minimum absolute atomic E-state index is 0.100. The lowest BCUT2D eigenvalue weighted by molar-refractivity contribution is -0.136. The highest BCUT2D eigenvalue weighted by Gasteiger charge is 2.16. The summed E-state index contributed by atoms with van der Waals surface area (Å²) in [5.41, 5.74) is 0.535. The zero-order valence-electron chi connectivity index (χ0n) is 8.84. The Labute approximate surface area is 96.6 Å². The zero-order valence-corrected chi connectivity index (χ0v) is 8.84. The van der Waals surface area contributed by atoms with E-state index in [2.05, 4.69) is 4.98 Å². The van der Waals surface area contributed by atoms with Crippen LogP contribution in [0.25, 0.3) is 10.8 Å². The van der Waals surface area contributed by atoms with Gasteiger partial charge in [0.05, 0.1) is 12.1 Å². The van der Waals surface area contributed by atoms with E-state index >= 15 is 0 Å². The Balaban J connectivity index is 2.20. The maximum atomic E-state index is 10.8. The molecule has 3 rings (SSSR count). The number of aromatic nitrogens is 1. The number of hydrogen-bond acceptors (Lipinski definition) is 4. The summed E-state index contributed by atoms with van der Waals surface area (Å²) in [7, 11) is 0. The molecule has 0 spiro atoms. The van der Waals surface area contributed by atoms with E-state index < -0.39 is 5.97 Å². The van der Waals surface area contributed by atoms with Gasteiger partial charge in [0.25, 0.3) is 0 Å². The second kappa shape index (κ2) is 3.62. The maximum absolute atomic E-state index is 10.8. The summed E-state index contributed by atoms with van der Waals surface area (Å²) in [5, 5.41) is 10.5. The predicted octanol–water partition coefficient (Wildman–Crippen LogP) is 1.59. The first kappa shape index (κ1) is 9.89. The van der Waals surface area contributed by atoms with Crippen molar-refractivity contribution in [3.63, 3.8) is 0 Å². The lowest BCUT2D eigenvalue weighted by atomic mass is 10.1. The van der Waals surface area contributed by atoms with Gasteiger partial charge in [-0.3, -0.25) is 9.78 Å². The molecular formula is C12H9NO4. The number of nitrogens with zero attached hydrogens (tertiary/aromatic N) is 1. The van der Waals surface area contributed by atoms with Gasteiger partial charge in [0.2, 0.25) is 6.79 Å². The van der Waals surface area contributed by atoms with E-state index in [9.17, 15) is 4.79 Å². The molecule has 0 atom stereocenters. The van der Waals surface area contributed by atoms with Crippen molar-refractivity contribution in [2.45, 2.75) is 6.42 Å². The second-order valence-corrected chi connectivity index (χ2v) is 3.75. The summed E-state index contributed by atoms with van der Waals surface area (Å²) in [4.78, 5) is 14.8. The van der Waals surface area contributed by atoms with Crippen LogP contribution in [0.5, 0.6) is 11.5 Å². The largest absolute Gasteiger partial charge is 0.481 e. The van der Waals surface area contributed by atoms with Crippen molar-refractivity contribution in [1.82, 2.24) is 4.98 Å². The number of rotatable bonds is 2. The van der Waals surface area contributed by atoms with Crippen molar-refractivity contribution >= 4 is 16.7 Å². The lowest BCUT2D eigenvalue weighted by Crippen LogP contribution is -2.02. The van der Waals surface area contributed by atoms with Gasteiger partial charge >= 0.3 is 5.97 Å². The van der Waals surface area contributed by atoms with Crippen LogP contribution in [-0.2, 0) is 11.2 Å². The molecule has 0 fully saturated rings. The molecule has 0 unspecified atom stereocenters. The molecule has 1 aromatic heterocycles. The van der Waals surface area contributed by atoms with Crippen LogP contribution in [0.2, 0.25) is 0 Å². The number of pyridine rings is 1. The van der Waals surface area contributed by atoms with Gasteiger partial charge in [0, 0.05) is 11.6 Å². The Bertz CT molecular complexity index is 609. The molecule has 0 aliphatic carbocycles. The highest BCUT2D eigenvalue weighted by Crippen LogP contribution is 2.36. The molecular weight excluding hydrogens is 222 g/mol. The van der Waals surface area contributed by atoms with E-state index in [1.165, 1.54) is 0 Å². The summed E-state index contributed by atoms with van der Waals surface area (Å²) >= 11 is 0. The van der Waals surface area contributed by atoms with Crippen LogP contribution < -0.4 is 9.47 Å². The summed E-state index contributed by atoms with van der Waals surface area (Å²) in [5.74, 6) is 0.421. The van der Waals surface area contributed by atoms with Gasteiger partial charge in [-0.1, -0.05) is 0 Å². The van der Waals surface area contributed by atoms with Gasteiger partial charge in [0.15, 0.2) is 11.5 Å². The number of carboxylic acid groups (broad SMARTS) is 1. The smallest absolute Gasteiger partial charge is 0.309 e.